The first kappa shape index (κ1) is 32.0. The van der Waals surface area contributed by atoms with Crippen LogP contribution in [0.15, 0.2) is 46.3 Å². The van der Waals surface area contributed by atoms with Crippen molar-refractivity contribution in [2.24, 2.45) is 0 Å². The number of likely N-dealkylation sites (N-methyl/N-ethyl adjacent to an activating group) is 1. The topological polar surface area (TPSA) is 156 Å². The molecule has 1 aliphatic heterocycles. The Morgan fingerprint density at radius 3 is 2.53 bits per heavy atom. The number of H-pyrrole nitrogens is 1. The highest BCUT2D eigenvalue weighted by Gasteiger charge is 2.48. The molecule has 1 N–H and O–H groups in total. The van der Waals surface area contributed by atoms with Gasteiger partial charge in [0, 0.05) is 25.8 Å². The van der Waals surface area contributed by atoms with Crippen LogP contribution < -0.4 is 10.3 Å². The van der Waals surface area contributed by atoms with E-state index in [1.807, 2.05) is 19.1 Å². The van der Waals surface area contributed by atoms with Gasteiger partial charge in [-0.05, 0) is 38.5 Å². The first-order chi connectivity index (χ1) is 21.4. The van der Waals surface area contributed by atoms with Gasteiger partial charge < -0.3 is 14.6 Å². The highest BCUT2D eigenvalue weighted by molar-refractivity contribution is 7.89. The minimum absolute atomic E-state index is 0.00431. The van der Waals surface area contributed by atoms with Crippen molar-refractivity contribution >= 4 is 27.0 Å². The minimum Gasteiger partial charge on any atom is -0.477 e. The molecule has 45 heavy (non-hydrogen) atoms. The smallest absolute Gasteiger partial charge is 0.471 e. The average molecular weight is 649 g/mol. The van der Waals surface area contributed by atoms with Gasteiger partial charge in [0.1, 0.15) is 16.2 Å². The number of sulfonamides is 1. The predicted octanol–water partition coefficient (Wildman–Crippen LogP) is 2.76. The lowest BCUT2D eigenvalue weighted by atomic mass is 10.1. The number of nitrogens with one attached hydrogen (secondary N) is 1. The van der Waals surface area contributed by atoms with Gasteiger partial charge in [-0.2, -0.15) is 22.6 Å². The molecule has 5 rings (SSSR count). The van der Waals surface area contributed by atoms with Gasteiger partial charge in [0.25, 0.3) is 5.56 Å². The van der Waals surface area contributed by atoms with Crippen molar-refractivity contribution in [3.05, 3.63) is 58.4 Å². The number of aromatic nitrogens is 6. The normalized spacial score (nSPS) is 14.4. The number of pyridine rings is 2. The van der Waals surface area contributed by atoms with Crippen LogP contribution in [-0.2, 0) is 27.8 Å². The SMILES string of the molecule is CCCc1c2nc(-c3cc(S(=O)(=O)N4CC(N(CC)C(=O)C(F)(F)F)C4)cnc3OCC)[nH]c(=O)c2nn1Cc1ccccn1. The molecule has 4 aromatic heterocycles. The Morgan fingerprint density at radius 2 is 1.91 bits per heavy atom. The van der Waals surface area contributed by atoms with Crippen LogP contribution in [0.25, 0.3) is 22.4 Å². The summed E-state index contributed by atoms with van der Waals surface area (Å²) in [4.78, 5) is 41.3. The molecule has 17 heteroatoms. The highest BCUT2D eigenvalue weighted by Crippen LogP contribution is 2.32. The van der Waals surface area contributed by atoms with E-state index >= 15 is 0 Å². The number of aryl methyl sites for hydroxylation is 1. The maximum atomic E-state index is 13.5. The number of ether oxygens (including phenoxy) is 1. The fourth-order valence-corrected chi connectivity index (χ4v) is 6.62. The van der Waals surface area contributed by atoms with Crippen molar-refractivity contribution in [3.8, 4) is 17.3 Å². The number of aromatic amines is 1. The summed E-state index contributed by atoms with van der Waals surface area (Å²) < 4.78 is 74.3. The molecule has 1 aliphatic rings. The molecule has 0 saturated carbocycles. The van der Waals surface area contributed by atoms with E-state index in [4.69, 9.17) is 4.74 Å². The molecule has 1 amide bonds. The van der Waals surface area contributed by atoms with Crippen molar-refractivity contribution in [3.63, 3.8) is 0 Å². The van der Waals surface area contributed by atoms with Crippen LogP contribution in [0.3, 0.4) is 0 Å². The molecule has 1 saturated heterocycles. The maximum Gasteiger partial charge on any atom is 0.471 e. The Bertz CT molecular complexity index is 1870. The third kappa shape index (κ3) is 6.26. The van der Waals surface area contributed by atoms with Gasteiger partial charge in [0.2, 0.25) is 15.9 Å². The summed E-state index contributed by atoms with van der Waals surface area (Å²) in [5.41, 5.74) is 1.41. The number of halogens is 3. The molecule has 0 atom stereocenters. The van der Waals surface area contributed by atoms with E-state index in [-0.39, 0.29) is 53.9 Å². The largest absolute Gasteiger partial charge is 0.477 e. The minimum atomic E-state index is -5.07. The number of nitrogens with zero attached hydrogens (tertiary/aromatic N) is 7. The zero-order valence-electron chi connectivity index (χ0n) is 24.7. The lowest BCUT2D eigenvalue weighted by molar-refractivity contribution is -0.189. The molecule has 0 unspecified atom stereocenters. The van der Waals surface area contributed by atoms with Gasteiger partial charge in [0.15, 0.2) is 5.52 Å². The molecule has 0 radical (unpaired) electrons. The highest BCUT2D eigenvalue weighted by atomic mass is 32.2. The van der Waals surface area contributed by atoms with E-state index in [1.165, 1.54) is 13.0 Å². The van der Waals surface area contributed by atoms with Gasteiger partial charge in [-0.15, -0.1) is 0 Å². The molecule has 0 bridgehead atoms. The summed E-state index contributed by atoms with van der Waals surface area (Å²) >= 11 is 0. The average Bonchev–Trinajstić information content (AvgIpc) is 3.31. The van der Waals surface area contributed by atoms with Crippen LogP contribution in [0.4, 0.5) is 13.2 Å². The molecule has 0 aliphatic carbocycles. The van der Waals surface area contributed by atoms with Crippen LogP contribution in [0.1, 0.15) is 38.6 Å². The van der Waals surface area contributed by atoms with E-state index in [0.717, 1.165) is 22.6 Å². The molecule has 5 heterocycles. The van der Waals surface area contributed by atoms with Crippen LogP contribution in [0.2, 0.25) is 0 Å². The van der Waals surface area contributed by atoms with E-state index in [2.05, 4.69) is 25.0 Å². The fraction of sp³-hybridized carbons (Fsp3) is 0.429. The summed E-state index contributed by atoms with van der Waals surface area (Å²) in [5, 5.41) is 4.50. The fourth-order valence-electron chi connectivity index (χ4n) is 5.14. The Balaban J connectivity index is 1.51. The van der Waals surface area contributed by atoms with Crippen LogP contribution in [-0.4, -0.2) is 91.7 Å². The van der Waals surface area contributed by atoms with Gasteiger partial charge in [0.05, 0.1) is 42.3 Å². The van der Waals surface area contributed by atoms with E-state index < -0.39 is 33.7 Å². The summed E-state index contributed by atoms with van der Waals surface area (Å²) in [5.74, 6) is -2.00. The summed E-state index contributed by atoms with van der Waals surface area (Å²) in [6, 6.07) is 5.79. The van der Waals surface area contributed by atoms with Crippen LogP contribution in [0.5, 0.6) is 5.88 Å². The van der Waals surface area contributed by atoms with Crippen molar-refractivity contribution in [1.82, 2.24) is 38.9 Å². The Morgan fingerprint density at radius 1 is 1.16 bits per heavy atom. The molecule has 4 aromatic rings. The lowest BCUT2D eigenvalue weighted by Gasteiger charge is -2.44. The monoisotopic (exact) mass is 648 g/mol. The predicted molar refractivity (Wildman–Crippen MR) is 156 cm³/mol. The number of carbonyl (C=O) groups is 1. The molecular formula is C28H31F3N8O5S. The van der Waals surface area contributed by atoms with Gasteiger partial charge in [-0.3, -0.25) is 19.3 Å². The van der Waals surface area contributed by atoms with Crippen molar-refractivity contribution in [2.45, 2.75) is 57.3 Å². The van der Waals surface area contributed by atoms with Crippen LogP contribution in [0, 0.1) is 0 Å². The van der Waals surface area contributed by atoms with Crippen LogP contribution >= 0.6 is 0 Å². The summed E-state index contributed by atoms with van der Waals surface area (Å²) in [6.07, 6.45) is -1.06. The number of fused-ring (bicyclic) bond motifs is 1. The summed E-state index contributed by atoms with van der Waals surface area (Å²) in [6.45, 7) is 4.68. The summed E-state index contributed by atoms with van der Waals surface area (Å²) in [7, 11) is -4.25. The molecule has 240 valence electrons. The van der Waals surface area contributed by atoms with Gasteiger partial charge in [-0.1, -0.05) is 19.4 Å². The number of amides is 1. The van der Waals surface area contributed by atoms with Gasteiger partial charge >= 0.3 is 12.1 Å². The quantitative estimate of drug-likeness (QED) is 0.258. The molecule has 13 nitrogen and oxygen atoms in total. The van der Waals surface area contributed by atoms with Gasteiger partial charge in [-0.25, -0.2) is 18.4 Å². The third-order valence-corrected chi connectivity index (χ3v) is 9.14. The first-order valence-electron chi connectivity index (χ1n) is 14.3. The number of rotatable bonds is 11. The molecule has 0 aromatic carbocycles. The first-order valence-corrected chi connectivity index (χ1v) is 15.7. The van der Waals surface area contributed by atoms with Crippen molar-refractivity contribution in [1.29, 1.82) is 0 Å². The molecular weight excluding hydrogens is 617 g/mol. The number of alkyl halides is 3. The standard InChI is InChI=1S/C28H31F3N8O5S/c1-4-9-21-22-23(36-39(21)14-17-10-7-8-11-32-17)25(40)35-24(34-22)20-12-19(13-33-26(20)44-6-3)45(42,43)37-15-18(16-37)38(5-2)27(41)28(29,30)31/h7-8,10-13,18H,4-6,9,14-16H2,1-3H3,(H,34,35,40). The number of hydrogen-bond acceptors (Lipinski definition) is 9. The zero-order valence-corrected chi connectivity index (χ0v) is 25.5. The third-order valence-electron chi connectivity index (χ3n) is 7.34. The number of carbonyl (C=O) groups excluding carboxylic acids is 1. The van der Waals surface area contributed by atoms with Crippen molar-refractivity contribution < 1.29 is 31.1 Å². The lowest BCUT2D eigenvalue weighted by Crippen LogP contribution is -2.63. The maximum absolute atomic E-state index is 13.5. The zero-order chi connectivity index (χ0) is 32.5. The second kappa shape index (κ2) is 12.5. The Kier molecular flexibility index (Phi) is 8.93. The Hall–Kier alpha value is -4.38. The second-order valence-corrected chi connectivity index (χ2v) is 12.2. The molecule has 0 spiro atoms. The van der Waals surface area contributed by atoms with E-state index in [9.17, 15) is 31.2 Å². The molecule has 1 fully saturated rings. The Labute approximate surface area is 256 Å². The van der Waals surface area contributed by atoms with E-state index in [1.54, 1.807) is 23.9 Å². The number of hydrogen-bond donors (Lipinski definition) is 1. The second-order valence-electron chi connectivity index (χ2n) is 10.3. The van der Waals surface area contributed by atoms with Crippen molar-refractivity contribution in [2.75, 3.05) is 26.2 Å². The van der Waals surface area contributed by atoms with E-state index in [0.29, 0.717) is 29.1 Å².